The van der Waals surface area contributed by atoms with E-state index < -0.39 is 0 Å². The number of hydrogen-bond acceptors (Lipinski definition) is 0. The molecule has 0 fully saturated rings. The summed E-state index contributed by atoms with van der Waals surface area (Å²) >= 11 is 0. The van der Waals surface area contributed by atoms with E-state index in [0.717, 1.165) is 5.39 Å². The SMILES string of the molecule is [c]1cccc2c(-c3cccc4ccc5ccccc5c34)cccc12. The maximum absolute atomic E-state index is 3.35. The molecule has 0 aliphatic carbocycles. The predicted molar refractivity (Wildman–Crippen MR) is 103 cm³/mol. The summed E-state index contributed by atoms with van der Waals surface area (Å²) in [4.78, 5) is 0. The lowest BCUT2D eigenvalue weighted by atomic mass is 9.91. The van der Waals surface area contributed by atoms with Crippen LogP contribution in [0, 0.1) is 6.07 Å². The van der Waals surface area contributed by atoms with Gasteiger partial charge in [0.25, 0.3) is 0 Å². The number of fused-ring (bicyclic) bond motifs is 4. The Bertz CT molecular complexity index is 1190. The molecule has 0 saturated heterocycles. The molecule has 0 aliphatic heterocycles. The lowest BCUT2D eigenvalue weighted by Gasteiger charge is -2.12. The molecule has 0 nitrogen and oxygen atoms in total. The molecule has 0 unspecified atom stereocenters. The molecule has 0 aliphatic rings. The molecule has 0 N–H and O–H groups in total. The lowest BCUT2D eigenvalue weighted by molar-refractivity contribution is 1.69. The van der Waals surface area contributed by atoms with E-state index in [1.165, 1.54) is 38.1 Å². The van der Waals surface area contributed by atoms with Crippen LogP contribution in [0.2, 0.25) is 0 Å². The summed E-state index contributed by atoms with van der Waals surface area (Å²) in [5, 5.41) is 7.61. The van der Waals surface area contributed by atoms with Gasteiger partial charge in [0.2, 0.25) is 0 Å². The molecule has 0 amide bonds. The van der Waals surface area contributed by atoms with Gasteiger partial charge in [-0.2, -0.15) is 0 Å². The zero-order valence-electron chi connectivity index (χ0n) is 13.2. The molecule has 5 aromatic rings. The quantitative estimate of drug-likeness (QED) is 0.305. The number of hydrogen-bond donors (Lipinski definition) is 0. The van der Waals surface area contributed by atoms with E-state index in [1.807, 2.05) is 6.07 Å². The molecule has 0 saturated carbocycles. The first kappa shape index (κ1) is 13.3. The Morgan fingerprint density at radius 1 is 0.500 bits per heavy atom. The highest BCUT2D eigenvalue weighted by Gasteiger charge is 2.10. The number of rotatable bonds is 1. The van der Waals surface area contributed by atoms with Crippen molar-refractivity contribution in [3.8, 4) is 11.1 Å². The zero-order valence-corrected chi connectivity index (χ0v) is 13.2. The van der Waals surface area contributed by atoms with Crippen LogP contribution in [-0.2, 0) is 0 Å². The third-order valence-electron chi connectivity index (χ3n) is 4.76. The highest BCUT2D eigenvalue weighted by Crippen LogP contribution is 2.37. The van der Waals surface area contributed by atoms with Crippen molar-refractivity contribution in [3.05, 3.63) is 97.1 Å². The van der Waals surface area contributed by atoms with Crippen molar-refractivity contribution in [1.29, 1.82) is 0 Å². The van der Waals surface area contributed by atoms with Crippen LogP contribution < -0.4 is 0 Å². The molecule has 0 bridgehead atoms. The normalized spacial score (nSPS) is 11.3. The first-order valence-electron chi connectivity index (χ1n) is 8.22. The smallest absolute Gasteiger partial charge is 0.00266 e. The van der Waals surface area contributed by atoms with Crippen molar-refractivity contribution in [2.45, 2.75) is 0 Å². The van der Waals surface area contributed by atoms with Crippen molar-refractivity contribution in [2.75, 3.05) is 0 Å². The van der Waals surface area contributed by atoms with Crippen molar-refractivity contribution in [2.24, 2.45) is 0 Å². The standard InChI is InChI=1S/C24H15/c1-3-11-20-17(7-1)9-5-13-22(20)23-14-6-10-19-16-15-18-8-2-4-12-21(18)24(19)23/h1-6,8-16H. The maximum Gasteiger partial charge on any atom is -0.00266 e. The van der Waals surface area contributed by atoms with Gasteiger partial charge in [-0.05, 0) is 49.5 Å². The highest BCUT2D eigenvalue weighted by atomic mass is 14.1. The first-order valence-corrected chi connectivity index (χ1v) is 8.22. The van der Waals surface area contributed by atoms with Gasteiger partial charge >= 0.3 is 0 Å². The molecule has 0 heteroatoms. The van der Waals surface area contributed by atoms with Gasteiger partial charge in [0.1, 0.15) is 0 Å². The third-order valence-corrected chi connectivity index (χ3v) is 4.76. The summed E-state index contributed by atoms with van der Waals surface area (Å²) in [6.45, 7) is 0. The van der Waals surface area contributed by atoms with E-state index in [-0.39, 0.29) is 0 Å². The number of benzene rings is 5. The van der Waals surface area contributed by atoms with Gasteiger partial charge in [0, 0.05) is 0 Å². The molecule has 1 radical (unpaired) electrons. The molecular weight excluding hydrogens is 288 g/mol. The van der Waals surface area contributed by atoms with Crippen molar-refractivity contribution < 1.29 is 0 Å². The average molecular weight is 303 g/mol. The maximum atomic E-state index is 3.35. The predicted octanol–water partition coefficient (Wildman–Crippen LogP) is 6.61. The fourth-order valence-corrected chi connectivity index (χ4v) is 3.67. The van der Waals surface area contributed by atoms with Gasteiger partial charge in [-0.1, -0.05) is 91.0 Å². The molecule has 5 rings (SSSR count). The van der Waals surface area contributed by atoms with Crippen LogP contribution in [0.3, 0.4) is 0 Å². The summed E-state index contributed by atoms with van der Waals surface area (Å²) in [5.41, 5.74) is 2.56. The summed E-state index contributed by atoms with van der Waals surface area (Å²) < 4.78 is 0. The van der Waals surface area contributed by atoms with Gasteiger partial charge < -0.3 is 0 Å². The minimum Gasteiger partial charge on any atom is -0.0616 e. The molecule has 0 heterocycles. The molecule has 5 aromatic carbocycles. The van der Waals surface area contributed by atoms with Crippen LogP contribution in [-0.4, -0.2) is 0 Å². The average Bonchev–Trinajstić information content (AvgIpc) is 2.67. The second-order valence-electron chi connectivity index (χ2n) is 6.13. The Kier molecular flexibility index (Phi) is 2.89. The monoisotopic (exact) mass is 303 g/mol. The summed E-state index contributed by atoms with van der Waals surface area (Å²) in [6.07, 6.45) is 0. The van der Waals surface area contributed by atoms with Crippen LogP contribution >= 0.6 is 0 Å². The van der Waals surface area contributed by atoms with E-state index in [4.69, 9.17) is 0 Å². The van der Waals surface area contributed by atoms with Crippen molar-refractivity contribution in [1.82, 2.24) is 0 Å². The van der Waals surface area contributed by atoms with Crippen LogP contribution in [0.1, 0.15) is 0 Å². The molecule has 24 heavy (non-hydrogen) atoms. The van der Waals surface area contributed by atoms with Gasteiger partial charge in [0.15, 0.2) is 0 Å². The van der Waals surface area contributed by atoms with E-state index in [0.29, 0.717) is 0 Å². The van der Waals surface area contributed by atoms with Gasteiger partial charge in [0.05, 0.1) is 0 Å². The first-order chi connectivity index (χ1) is 11.9. The zero-order chi connectivity index (χ0) is 15.9. The van der Waals surface area contributed by atoms with Crippen LogP contribution in [0.4, 0.5) is 0 Å². The second-order valence-corrected chi connectivity index (χ2v) is 6.13. The van der Waals surface area contributed by atoms with E-state index >= 15 is 0 Å². The van der Waals surface area contributed by atoms with Crippen LogP contribution in [0.5, 0.6) is 0 Å². The van der Waals surface area contributed by atoms with Gasteiger partial charge in [-0.3, -0.25) is 0 Å². The molecule has 0 atom stereocenters. The summed E-state index contributed by atoms with van der Waals surface area (Å²) in [6, 6.07) is 35.7. The van der Waals surface area contributed by atoms with E-state index in [2.05, 4.69) is 91.0 Å². The Morgan fingerprint density at radius 3 is 2.25 bits per heavy atom. The van der Waals surface area contributed by atoms with Crippen LogP contribution in [0.15, 0.2) is 91.0 Å². The molecule has 111 valence electrons. The van der Waals surface area contributed by atoms with Crippen molar-refractivity contribution >= 4 is 32.3 Å². The fourth-order valence-electron chi connectivity index (χ4n) is 3.67. The molecule has 0 spiro atoms. The third kappa shape index (κ3) is 1.93. The Morgan fingerprint density at radius 2 is 1.25 bits per heavy atom. The Hall–Kier alpha value is -3.12. The minimum atomic E-state index is 1.16. The molecule has 0 aromatic heterocycles. The summed E-state index contributed by atoms with van der Waals surface area (Å²) in [5.74, 6) is 0. The fraction of sp³-hybridized carbons (Fsp3) is 0. The van der Waals surface area contributed by atoms with Crippen LogP contribution in [0.25, 0.3) is 43.4 Å². The van der Waals surface area contributed by atoms with Gasteiger partial charge in [-0.15, -0.1) is 0 Å². The van der Waals surface area contributed by atoms with E-state index in [1.54, 1.807) is 0 Å². The lowest BCUT2D eigenvalue weighted by Crippen LogP contribution is -1.85. The topological polar surface area (TPSA) is 0 Å². The summed E-state index contributed by atoms with van der Waals surface area (Å²) in [7, 11) is 0. The Labute approximate surface area is 141 Å². The largest absolute Gasteiger partial charge is 0.0616 e. The van der Waals surface area contributed by atoms with Crippen molar-refractivity contribution in [3.63, 3.8) is 0 Å². The Balaban J connectivity index is 1.98. The van der Waals surface area contributed by atoms with Gasteiger partial charge in [-0.25, -0.2) is 0 Å². The highest BCUT2D eigenvalue weighted by molar-refractivity contribution is 6.16. The van der Waals surface area contributed by atoms with E-state index in [9.17, 15) is 0 Å². The minimum absolute atomic E-state index is 1.16. The second kappa shape index (κ2) is 5.21. The molecular formula is C24H15.